The molecule has 0 aromatic carbocycles. The lowest BCUT2D eigenvalue weighted by atomic mass is 9.78. The zero-order valence-corrected chi connectivity index (χ0v) is 16.2. The second-order valence-corrected chi connectivity index (χ2v) is 8.27. The summed E-state index contributed by atoms with van der Waals surface area (Å²) in [5.41, 5.74) is -0.514. The Morgan fingerprint density at radius 1 is 1.19 bits per heavy atom. The molecule has 2 aliphatic rings. The van der Waals surface area contributed by atoms with Gasteiger partial charge in [0.2, 0.25) is 5.91 Å². The highest BCUT2D eigenvalue weighted by atomic mass is 19.3. The second-order valence-electron chi connectivity index (χ2n) is 8.27. The molecule has 0 radical (unpaired) electrons. The Morgan fingerprint density at radius 3 is 2.52 bits per heavy atom. The van der Waals surface area contributed by atoms with Crippen LogP contribution >= 0.6 is 0 Å². The number of nitrogens with zero attached hydrogens (tertiary/aromatic N) is 4. The van der Waals surface area contributed by atoms with Crippen molar-refractivity contribution in [3.63, 3.8) is 0 Å². The lowest BCUT2D eigenvalue weighted by Crippen LogP contribution is -2.45. The van der Waals surface area contributed by atoms with Crippen molar-refractivity contribution in [2.24, 2.45) is 17.8 Å². The quantitative estimate of drug-likeness (QED) is 0.758. The molecule has 0 spiro atoms. The highest BCUT2D eigenvalue weighted by Crippen LogP contribution is 2.33. The molecule has 1 aromatic heterocycles. The molecule has 1 saturated carbocycles. The first-order chi connectivity index (χ1) is 12.9. The van der Waals surface area contributed by atoms with Crippen molar-refractivity contribution in [1.82, 2.24) is 19.2 Å². The molecule has 1 atom stereocenters. The van der Waals surface area contributed by atoms with Crippen LogP contribution in [0.4, 0.5) is 8.78 Å². The minimum Gasteiger partial charge on any atom is -0.333 e. The first-order valence-electron chi connectivity index (χ1n) is 10.1. The van der Waals surface area contributed by atoms with E-state index < -0.39 is 18.7 Å². The number of hydrogen-bond acceptors (Lipinski definition) is 3. The third-order valence-corrected chi connectivity index (χ3v) is 5.98. The number of carbonyl (C=O) groups is 1. The van der Waals surface area contributed by atoms with Gasteiger partial charge in [0.25, 0.3) is 6.43 Å². The van der Waals surface area contributed by atoms with Crippen LogP contribution in [0.2, 0.25) is 0 Å². The van der Waals surface area contributed by atoms with Crippen LogP contribution in [0.15, 0.2) is 4.79 Å². The van der Waals surface area contributed by atoms with Crippen LogP contribution in [0.5, 0.6) is 0 Å². The van der Waals surface area contributed by atoms with Crippen molar-refractivity contribution in [1.29, 1.82) is 0 Å². The van der Waals surface area contributed by atoms with E-state index in [1.807, 2.05) is 0 Å². The predicted octanol–water partition coefficient (Wildman–Crippen LogP) is 2.89. The molecule has 152 valence electrons. The molecular weight excluding hydrogens is 354 g/mol. The van der Waals surface area contributed by atoms with Gasteiger partial charge in [0.1, 0.15) is 6.54 Å². The minimum atomic E-state index is -2.63. The third kappa shape index (κ3) is 4.58. The molecule has 1 amide bonds. The number of halogens is 2. The number of rotatable bonds is 6. The molecule has 2 heterocycles. The van der Waals surface area contributed by atoms with Crippen LogP contribution in [-0.4, -0.2) is 38.1 Å². The Balaban J connectivity index is 1.70. The van der Waals surface area contributed by atoms with Gasteiger partial charge in [-0.3, -0.25) is 9.36 Å². The Hall–Kier alpha value is -1.73. The maximum atomic E-state index is 13.2. The Morgan fingerprint density at radius 2 is 1.89 bits per heavy atom. The summed E-state index contributed by atoms with van der Waals surface area (Å²) in [5, 5.41) is 4.04. The summed E-state index contributed by atoms with van der Waals surface area (Å²) in [6, 6.07) is 0. The molecule has 0 saturated heterocycles. The number of amides is 1. The lowest BCUT2D eigenvalue weighted by molar-refractivity contribution is -0.139. The summed E-state index contributed by atoms with van der Waals surface area (Å²) >= 11 is 0. The predicted molar refractivity (Wildman–Crippen MR) is 97.4 cm³/mol. The van der Waals surface area contributed by atoms with Crippen LogP contribution in [0, 0.1) is 17.8 Å². The average molecular weight is 384 g/mol. The van der Waals surface area contributed by atoms with E-state index in [4.69, 9.17) is 0 Å². The van der Waals surface area contributed by atoms with E-state index in [0.717, 1.165) is 11.1 Å². The van der Waals surface area contributed by atoms with E-state index in [-0.39, 0.29) is 24.3 Å². The Labute approximate surface area is 158 Å². The van der Waals surface area contributed by atoms with Crippen LogP contribution in [0.25, 0.3) is 0 Å². The molecule has 1 aliphatic carbocycles. The summed E-state index contributed by atoms with van der Waals surface area (Å²) in [5.74, 6) is 1.34. The molecule has 1 fully saturated rings. The number of carbonyl (C=O) groups excluding carboxylic acids is 1. The summed E-state index contributed by atoms with van der Waals surface area (Å²) in [6.07, 6.45) is 4.49. The standard InChI is InChI=1S/C19H30F2N4O2/c1-13(2)15(10-14-6-4-3-5-7-14)18(26)23-8-9-24-17(12-23)22-25(19(24)27)11-16(20)21/h13-16H,3-12H2,1-2H3. The van der Waals surface area contributed by atoms with Crippen LogP contribution in [0.3, 0.4) is 0 Å². The van der Waals surface area contributed by atoms with Crippen molar-refractivity contribution in [2.45, 2.75) is 78.4 Å². The second kappa shape index (κ2) is 8.52. The number of hydrogen-bond donors (Lipinski definition) is 0. The molecule has 0 N–H and O–H groups in total. The maximum Gasteiger partial charge on any atom is 0.346 e. The largest absolute Gasteiger partial charge is 0.346 e. The van der Waals surface area contributed by atoms with Gasteiger partial charge in [-0.2, -0.15) is 5.10 Å². The van der Waals surface area contributed by atoms with Gasteiger partial charge >= 0.3 is 5.69 Å². The molecule has 3 rings (SSSR count). The van der Waals surface area contributed by atoms with Crippen LogP contribution < -0.4 is 5.69 Å². The van der Waals surface area contributed by atoms with E-state index in [2.05, 4.69) is 18.9 Å². The molecule has 1 aromatic rings. The smallest absolute Gasteiger partial charge is 0.333 e. The van der Waals surface area contributed by atoms with Crippen LogP contribution in [-0.2, 0) is 24.4 Å². The van der Waals surface area contributed by atoms with Gasteiger partial charge < -0.3 is 4.90 Å². The van der Waals surface area contributed by atoms with Gasteiger partial charge in [0, 0.05) is 19.0 Å². The van der Waals surface area contributed by atoms with E-state index in [9.17, 15) is 18.4 Å². The fourth-order valence-corrected chi connectivity index (χ4v) is 4.41. The molecule has 0 bridgehead atoms. The first-order valence-corrected chi connectivity index (χ1v) is 10.1. The Kier molecular flexibility index (Phi) is 6.32. The lowest BCUT2D eigenvalue weighted by Gasteiger charge is -2.34. The van der Waals surface area contributed by atoms with E-state index in [0.29, 0.717) is 24.8 Å². The molecule has 8 heteroatoms. The van der Waals surface area contributed by atoms with Gasteiger partial charge in [-0.25, -0.2) is 18.3 Å². The zero-order valence-electron chi connectivity index (χ0n) is 16.2. The Bertz CT molecular complexity index is 707. The number of fused-ring (bicyclic) bond motifs is 1. The van der Waals surface area contributed by atoms with Crippen molar-refractivity contribution >= 4 is 5.91 Å². The van der Waals surface area contributed by atoms with Gasteiger partial charge in [-0.15, -0.1) is 0 Å². The fraction of sp³-hybridized carbons (Fsp3) is 0.842. The van der Waals surface area contributed by atoms with E-state index in [1.54, 1.807) is 4.90 Å². The zero-order chi connectivity index (χ0) is 19.6. The van der Waals surface area contributed by atoms with Gasteiger partial charge in [-0.1, -0.05) is 46.0 Å². The molecule has 1 aliphatic heterocycles. The topological polar surface area (TPSA) is 60.1 Å². The molecule has 6 nitrogen and oxygen atoms in total. The SMILES string of the molecule is CC(C)C(CC1CCCCC1)C(=O)N1CCn2c(nn(CC(F)F)c2=O)C1. The van der Waals surface area contributed by atoms with Crippen molar-refractivity contribution in [2.75, 3.05) is 6.54 Å². The van der Waals surface area contributed by atoms with E-state index >= 15 is 0 Å². The monoisotopic (exact) mass is 384 g/mol. The average Bonchev–Trinajstić information content (AvgIpc) is 2.94. The first kappa shape index (κ1) is 20.0. The van der Waals surface area contributed by atoms with Crippen molar-refractivity contribution in [3.8, 4) is 0 Å². The maximum absolute atomic E-state index is 13.2. The fourth-order valence-electron chi connectivity index (χ4n) is 4.41. The normalized spacial score (nSPS) is 19.6. The minimum absolute atomic E-state index is 0.0329. The van der Waals surface area contributed by atoms with Gasteiger partial charge in [0.15, 0.2) is 5.82 Å². The van der Waals surface area contributed by atoms with Crippen molar-refractivity contribution < 1.29 is 13.6 Å². The molecular formula is C19H30F2N4O2. The van der Waals surface area contributed by atoms with Crippen LogP contribution in [0.1, 0.15) is 58.2 Å². The summed E-state index contributed by atoms with van der Waals surface area (Å²) in [7, 11) is 0. The molecule has 1 unspecified atom stereocenters. The summed E-state index contributed by atoms with van der Waals surface area (Å²) < 4.78 is 27.5. The third-order valence-electron chi connectivity index (χ3n) is 5.98. The number of aromatic nitrogens is 3. The summed E-state index contributed by atoms with van der Waals surface area (Å²) in [4.78, 5) is 27.1. The van der Waals surface area contributed by atoms with E-state index in [1.165, 1.54) is 36.7 Å². The summed E-state index contributed by atoms with van der Waals surface area (Å²) in [6.45, 7) is 4.43. The van der Waals surface area contributed by atoms with Gasteiger partial charge in [0.05, 0.1) is 6.54 Å². The highest BCUT2D eigenvalue weighted by Gasteiger charge is 2.33. The molecule has 27 heavy (non-hydrogen) atoms. The highest BCUT2D eigenvalue weighted by molar-refractivity contribution is 5.79. The van der Waals surface area contributed by atoms with Gasteiger partial charge in [-0.05, 0) is 18.3 Å². The van der Waals surface area contributed by atoms with Crippen molar-refractivity contribution in [3.05, 3.63) is 16.3 Å². The number of alkyl halides is 2.